The van der Waals surface area contributed by atoms with Gasteiger partial charge >= 0.3 is 0 Å². The Morgan fingerprint density at radius 2 is 1.71 bits per heavy atom. The minimum Gasteiger partial charge on any atom is -0.386 e. The third-order valence-corrected chi connectivity index (χ3v) is 5.06. The van der Waals surface area contributed by atoms with Crippen molar-refractivity contribution >= 4 is 0 Å². The molecule has 4 rings (SSSR count). The van der Waals surface area contributed by atoms with Gasteiger partial charge in [-0.25, -0.2) is 0 Å². The smallest absolute Gasteiger partial charge is 0.0975 e. The van der Waals surface area contributed by atoms with E-state index >= 15 is 0 Å². The third kappa shape index (κ3) is 0.884. The quantitative estimate of drug-likeness (QED) is 0.561. The van der Waals surface area contributed by atoms with Gasteiger partial charge in [0.1, 0.15) is 0 Å². The first-order chi connectivity index (χ1) is 6.57. The van der Waals surface area contributed by atoms with Crippen LogP contribution >= 0.6 is 0 Å². The van der Waals surface area contributed by atoms with Crippen molar-refractivity contribution in [3.05, 3.63) is 0 Å². The van der Waals surface area contributed by atoms with E-state index in [1.165, 1.54) is 6.42 Å². The van der Waals surface area contributed by atoms with Crippen LogP contribution in [0.5, 0.6) is 0 Å². The fourth-order valence-electron chi connectivity index (χ4n) is 4.53. The molecule has 0 spiro atoms. The molecule has 4 saturated carbocycles. The second kappa shape index (κ2) is 2.52. The van der Waals surface area contributed by atoms with Crippen LogP contribution < -0.4 is 11.5 Å². The summed E-state index contributed by atoms with van der Waals surface area (Å²) >= 11 is 0. The fraction of sp³-hybridized carbons (Fsp3) is 1.00. The highest BCUT2D eigenvalue weighted by Crippen LogP contribution is 2.58. The largest absolute Gasteiger partial charge is 0.386 e. The van der Waals surface area contributed by atoms with Gasteiger partial charge in [-0.1, -0.05) is 0 Å². The summed E-state index contributed by atoms with van der Waals surface area (Å²) < 4.78 is 0. The van der Waals surface area contributed by atoms with E-state index in [0.717, 1.165) is 37.5 Å². The Labute approximate surface area is 84.8 Å². The van der Waals surface area contributed by atoms with E-state index in [1.807, 2.05) is 0 Å². The van der Waals surface area contributed by atoms with Crippen LogP contribution in [0.3, 0.4) is 0 Å². The maximum Gasteiger partial charge on any atom is 0.0975 e. The van der Waals surface area contributed by atoms with Crippen molar-refractivity contribution in [2.75, 3.05) is 6.54 Å². The first kappa shape index (κ1) is 9.13. The van der Waals surface area contributed by atoms with Crippen LogP contribution in [0, 0.1) is 17.8 Å². The van der Waals surface area contributed by atoms with Gasteiger partial charge in [0.05, 0.1) is 5.60 Å². The first-order valence-corrected chi connectivity index (χ1v) is 5.79. The van der Waals surface area contributed by atoms with E-state index < -0.39 is 5.60 Å². The maximum absolute atomic E-state index is 10.6. The zero-order valence-electron chi connectivity index (χ0n) is 8.58. The third-order valence-electron chi connectivity index (χ3n) is 5.06. The summed E-state index contributed by atoms with van der Waals surface area (Å²) in [6.45, 7) is 0.341. The second-order valence-electron chi connectivity index (χ2n) is 5.83. The standard InChI is InChI=1S/C11H20N2O/c12-6-11(14)9-2-7-1-8(3-9)5-10(11,13)4-7/h7-9,14H,1-6,12-13H2. The van der Waals surface area contributed by atoms with Crippen molar-refractivity contribution < 1.29 is 5.11 Å². The van der Waals surface area contributed by atoms with Crippen LogP contribution in [-0.4, -0.2) is 22.8 Å². The van der Waals surface area contributed by atoms with Crippen molar-refractivity contribution in [1.29, 1.82) is 0 Å². The molecule has 3 heteroatoms. The second-order valence-corrected chi connectivity index (χ2v) is 5.83. The lowest BCUT2D eigenvalue weighted by Crippen LogP contribution is -2.75. The molecule has 0 aromatic heterocycles. The average molecular weight is 196 g/mol. The van der Waals surface area contributed by atoms with Gasteiger partial charge in [0.25, 0.3) is 0 Å². The summed E-state index contributed by atoms with van der Waals surface area (Å²) in [5.74, 6) is 1.91. The number of rotatable bonds is 1. The van der Waals surface area contributed by atoms with Crippen molar-refractivity contribution in [3.63, 3.8) is 0 Å². The lowest BCUT2D eigenvalue weighted by Gasteiger charge is -2.63. The summed E-state index contributed by atoms with van der Waals surface area (Å²) in [5, 5.41) is 10.6. The zero-order valence-corrected chi connectivity index (χ0v) is 8.58. The predicted molar refractivity (Wildman–Crippen MR) is 54.5 cm³/mol. The molecule has 5 N–H and O–H groups in total. The van der Waals surface area contributed by atoms with Crippen molar-refractivity contribution in [1.82, 2.24) is 0 Å². The molecule has 0 saturated heterocycles. The maximum atomic E-state index is 10.6. The highest BCUT2D eigenvalue weighted by molar-refractivity contribution is 5.18. The predicted octanol–water partition coefficient (Wildman–Crippen LogP) is 0.214. The van der Waals surface area contributed by atoms with Crippen LogP contribution in [-0.2, 0) is 0 Å². The molecule has 0 aliphatic heterocycles. The van der Waals surface area contributed by atoms with Gasteiger partial charge in [-0.15, -0.1) is 0 Å². The molecule has 4 fully saturated rings. The van der Waals surface area contributed by atoms with Crippen molar-refractivity contribution in [2.45, 2.75) is 43.2 Å². The van der Waals surface area contributed by atoms with Gasteiger partial charge in [0, 0.05) is 12.1 Å². The molecule has 0 amide bonds. The van der Waals surface area contributed by atoms with Crippen LogP contribution in [0.15, 0.2) is 0 Å². The molecule has 4 aliphatic carbocycles. The lowest BCUT2D eigenvalue weighted by atomic mass is 9.46. The highest BCUT2D eigenvalue weighted by Gasteiger charge is 2.62. The topological polar surface area (TPSA) is 72.3 Å². The molecule has 4 bridgehead atoms. The van der Waals surface area contributed by atoms with Crippen molar-refractivity contribution in [3.8, 4) is 0 Å². The molecule has 80 valence electrons. The van der Waals surface area contributed by atoms with Crippen LogP contribution in [0.4, 0.5) is 0 Å². The summed E-state index contributed by atoms with van der Waals surface area (Å²) in [6.07, 6.45) is 5.64. The number of nitrogens with two attached hydrogens (primary N) is 2. The van der Waals surface area contributed by atoms with E-state index in [2.05, 4.69) is 0 Å². The Morgan fingerprint density at radius 3 is 2.14 bits per heavy atom. The molecule has 4 aliphatic rings. The molecule has 0 aromatic rings. The Balaban J connectivity index is 2.01. The Morgan fingerprint density at radius 1 is 1.14 bits per heavy atom. The van der Waals surface area contributed by atoms with E-state index in [1.54, 1.807) is 0 Å². The van der Waals surface area contributed by atoms with Gasteiger partial charge < -0.3 is 16.6 Å². The van der Waals surface area contributed by atoms with Gasteiger partial charge in [-0.05, 0) is 49.9 Å². The van der Waals surface area contributed by atoms with Crippen LogP contribution in [0.1, 0.15) is 32.1 Å². The minimum absolute atomic E-state index is 0.341. The molecular formula is C11H20N2O. The van der Waals surface area contributed by atoms with E-state index in [9.17, 15) is 5.11 Å². The lowest BCUT2D eigenvalue weighted by molar-refractivity contribution is -0.179. The zero-order chi connectivity index (χ0) is 9.97. The Kier molecular flexibility index (Phi) is 1.64. The summed E-state index contributed by atoms with van der Waals surface area (Å²) in [5.41, 5.74) is 11.0. The Hall–Kier alpha value is -0.120. The molecule has 14 heavy (non-hydrogen) atoms. The first-order valence-electron chi connectivity index (χ1n) is 5.79. The average Bonchev–Trinajstić information content (AvgIpc) is 2.12. The normalized spacial score (nSPS) is 60.6. The number of hydrogen-bond acceptors (Lipinski definition) is 3. The summed E-state index contributed by atoms with van der Waals surface area (Å²) in [4.78, 5) is 0. The fourth-order valence-corrected chi connectivity index (χ4v) is 4.53. The molecule has 0 aromatic carbocycles. The molecular weight excluding hydrogens is 176 g/mol. The van der Waals surface area contributed by atoms with Gasteiger partial charge in [0.15, 0.2) is 0 Å². The Bertz CT molecular complexity index is 254. The van der Waals surface area contributed by atoms with Gasteiger partial charge in [0.2, 0.25) is 0 Å². The summed E-state index contributed by atoms with van der Waals surface area (Å²) in [6, 6.07) is 0. The van der Waals surface area contributed by atoms with E-state index in [0.29, 0.717) is 12.5 Å². The van der Waals surface area contributed by atoms with Crippen molar-refractivity contribution in [2.24, 2.45) is 29.2 Å². The van der Waals surface area contributed by atoms with Crippen LogP contribution in [0.25, 0.3) is 0 Å². The molecule has 0 heterocycles. The summed E-state index contributed by atoms with van der Waals surface area (Å²) in [7, 11) is 0. The SMILES string of the molecule is NCC1(O)C2CC3CC(C2)CC1(N)C3. The van der Waals surface area contributed by atoms with Gasteiger partial charge in [-0.2, -0.15) is 0 Å². The van der Waals surface area contributed by atoms with Crippen LogP contribution in [0.2, 0.25) is 0 Å². The number of aliphatic hydroxyl groups is 1. The monoisotopic (exact) mass is 196 g/mol. The highest BCUT2D eigenvalue weighted by atomic mass is 16.3. The van der Waals surface area contributed by atoms with E-state index in [-0.39, 0.29) is 5.54 Å². The minimum atomic E-state index is -0.763. The van der Waals surface area contributed by atoms with Gasteiger partial charge in [-0.3, -0.25) is 0 Å². The molecule has 0 radical (unpaired) electrons. The van der Waals surface area contributed by atoms with E-state index in [4.69, 9.17) is 11.5 Å². The molecule has 3 nitrogen and oxygen atoms in total. The number of hydrogen-bond donors (Lipinski definition) is 3. The molecule has 3 atom stereocenters. The molecule has 3 unspecified atom stereocenters.